The van der Waals surface area contributed by atoms with E-state index in [1.54, 1.807) is 7.05 Å². The van der Waals surface area contributed by atoms with E-state index >= 15 is 0 Å². The van der Waals surface area contributed by atoms with Gasteiger partial charge in [-0.25, -0.2) is 24.4 Å². The van der Waals surface area contributed by atoms with Crippen LogP contribution in [0.1, 0.15) is 58.8 Å². The van der Waals surface area contributed by atoms with Gasteiger partial charge in [0.15, 0.2) is 17.3 Å². The van der Waals surface area contributed by atoms with E-state index in [1.165, 1.54) is 49.6 Å². The molecule has 0 bridgehead atoms. The zero-order valence-corrected chi connectivity index (χ0v) is 18.6. The molecule has 0 unspecified atom stereocenters. The molecule has 0 radical (unpaired) electrons. The summed E-state index contributed by atoms with van der Waals surface area (Å²) in [4.78, 5) is 30.0. The number of aromatic amines is 1. The second-order valence-corrected chi connectivity index (χ2v) is 9.63. The van der Waals surface area contributed by atoms with Crippen LogP contribution in [0.5, 0.6) is 0 Å². The lowest BCUT2D eigenvalue weighted by Gasteiger charge is -2.32. The van der Waals surface area contributed by atoms with Gasteiger partial charge in [0.05, 0.1) is 6.33 Å². The summed E-state index contributed by atoms with van der Waals surface area (Å²) >= 11 is 0. The molecule has 0 saturated heterocycles. The van der Waals surface area contributed by atoms with Crippen molar-refractivity contribution in [2.75, 3.05) is 5.32 Å². The predicted octanol–water partition coefficient (Wildman–Crippen LogP) is 3.34. The minimum absolute atomic E-state index is 0.321. The molecule has 1 atom stereocenters. The molecule has 0 aliphatic heterocycles. The van der Waals surface area contributed by atoms with Crippen molar-refractivity contribution >= 4 is 17.0 Å². The first-order valence-electron chi connectivity index (χ1n) is 11.6. The van der Waals surface area contributed by atoms with E-state index in [0.29, 0.717) is 35.2 Å². The van der Waals surface area contributed by atoms with Crippen LogP contribution in [0, 0.1) is 17.8 Å². The SMILES string of the molecule is C[C@@H](Nc1nc(-c2nc(=O)n(C)[nH]2)nc2ncn(C[C@H]3CC[C@H](C)CC3)c12)C1CCC1. The molecule has 31 heavy (non-hydrogen) atoms. The summed E-state index contributed by atoms with van der Waals surface area (Å²) < 4.78 is 3.55. The number of imidazole rings is 1. The zero-order chi connectivity index (χ0) is 21.5. The normalized spacial score (nSPS) is 23.1. The molecule has 2 fully saturated rings. The molecule has 2 aliphatic carbocycles. The largest absolute Gasteiger partial charge is 0.365 e. The van der Waals surface area contributed by atoms with Gasteiger partial charge in [0.25, 0.3) is 0 Å². The maximum atomic E-state index is 11.9. The van der Waals surface area contributed by atoms with Gasteiger partial charge in [-0.05, 0) is 50.4 Å². The van der Waals surface area contributed by atoms with Gasteiger partial charge in [-0.3, -0.25) is 5.10 Å². The third-order valence-electron chi connectivity index (χ3n) is 7.26. The second kappa shape index (κ2) is 8.09. The molecule has 3 aromatic rings. The molecule has 0 amide bonds. The number of anilines is 1. The molecule has 2 aliphatic rings. The Morgan fingerprint density at radius 2 is 1.94 bits per heavy atom. The molecule has 3 heterocycles. The number of nitrogens with zero attached hydrogens (tertiary/aromatic N) is 6. The fraction of sp³-hybridized carbons (Fsp3) is 0.682. The van der Waals surface area contributed by atoms with Crippen LogP contribution in [0.25, 0.3) is 22.8 Å². The van der Waals surface area contributed by atoms with Crippen molar-refractivity contribution < 1.29 is 0 Å². The minimum Gasteiger partial charge on any atom is -0.365 e. The van der Waals surface area contributed by atoms with E-state index in [9.17, 15) is 4.79 Å². The molecular weight excluding hydrogens is 392 g/mol. The van der Waals surface area contributed by atoms with Crippen LogP contribution in [0.2, 0.25) is 0 Å². The highest BCUT2D eigenvalue weighted by atomic mass is 16.1. The van der Waals surface area contributed by atoms with E-state index < -0.39 is 0 Å². The number of aromatic nitrogens is 7. The summed E-state index contributed by atoms with van der Waals surface area (Å²) in [5.41, 5.74) is 1.24. The Balaban J connectivity index is 1.52. The van der Waals surface area contributed by atoms with Crippen LogP contribution in [0.3, 0.4) is 0 Å². The maximum Gasteiger partial charge on any atom is 0.364 e. The Morgan fingerprint density at radius 3 is 2.58 bits per heavy atom. The average Bonchev–Trinajstić information content (AvgIpc) is 3.25. The Kier molecular flexibility index (Phi) is 5.27. The summed E-state index contributed by atoms with van der Waals surface area (Å²) in [6.45, 7) is 5.52. The highest BCUT2D eigenvalue weighted by Crippen LogP contribution is 2.34. The van der Waals surface area contributed by atoms with Crippen molar-refractivity contribution in [2.24, 2.45) is 24.8 Å². The van der Waals surface area contributed by atoms with Crippen LogP contribution in [0.4, 0.5) is 5.82 Å². The number of nitrogens with one attached hydrogen (secondary N) is 2. The van der Waals surface area contributed by atoms with Crippen LogP contribution >= 0.6 is 0 Å². The third kappa shape index (κ3) is 3.97. The summed E-state index contributed by atoms with van der Waals surface area (Å²) in [5, 5.41) is 6.58. The number of aryl methyl sites for hydroxylation is 1. The summed E-state index contributed by atoms with van der Waals surface area (Å²) in [6.07, 6.45) is 10.8. The van der Waals surface area contributed by atoms with Gasteiger partial charge in [-0.2, -0.15) is 4.98 Å². The number of fused-ring (bicyclic) bond motifs is 1. The maximum absolute atomic E-state index is 11.9. The van der Waals surface area contributed by atoms with Gasteiger partial charge in [-0.15, -0.1) is 0 Å². The Bertz CT molecular complexity index is 1120. The van der Waals surface area contributed by atoms with E-state index in [2.05, 4.69) is 43.8 Å². The van der Waals surface area contributed by atoms with Gasteiger partial charge >= 0.3 is 5.69 Å². The van der Waals surface area contributed by atoms with Gasteiger partial charge in [0.2, 0.25) is 5.82 Å². The van der Waals surface area contributed by atoms with Crippen molar-refractivity contribution in [1.29, 1.82) is 0 Å². The number of H-pyrrole nitrogens is 1. The van der Waals surface area contributed by atoms with E-state index in [-0.39, 0.29) is 5.69 Å². The molecule has 0 spiro atoms. The molecule has 3 aromatic heterocycles. The smallest absolute Gasteiger partial charge is 0.364 e. The Hall–Kier alpha value is -2.71. The Labute approximate surface area is 181 Å². The topological polar surface area (TPSA) is 106 Å². The Morgan fingerprint density at radius 1 is 1.16 bits per heavy atom. The van der Waals surface area contributed by atoms with Crippen molar-refractivity contribution in [1.82, 2.24) is 34.3 Å². The van der Waals surface area contributed by atoms with Crippen molar-refractivity contribution in [2.45, 2.75) is 71.4 Å². The fourth-order valence-electron chi connectivity index (χ4n) is 4.89. The highest BCUT2D eigenvalue weighted by Gasteiger charge is 2.27. The van der Waals surface area contributed by atoms with Gasteiger partial charge in [0, 0.05) is 19.6 Å². The van der Waals surface area contributed by atoms with Crippen molar-refractivity contribution in [3.05, 3.63) is 16.8 Å². The molecule has 2 N–H and O–H groups in total. The van der Waals surface area contributed by atoms with Crippen molar-refractivity contribution in [3.8, 4) is 11.6 Å². The quantitative estimate of drug-likeness (QED) is 0.629. The monoisotopic (exact) mass is 424 g/mol. The summed E-state index contributed by atoms with van der Waals surface area (Å²) in [5.74, 6) is 3.71. The predicted molar refractivity (Wildman–Crippen MR) is 120 cm³/mol. The van der Waals surface area contributed by atoms with Gasteiger partial charge < -0.3 is 9.88 Å². The first kappa shape index (κ1) is 20.2. The number of rotatable bonds is 6. The molecule has 166 valence electrons. The molecule has 0 aromatic carbocycles. The third-order valence-corrected chi connectivity index (χ3v) is 7.26. The summed E-state index contributed by atoms with van der Waals surface area (Å²) in [6, 6.07) is 0.321. The lowest BCUT2D eigenvalue weighted by atomic mass is 9.80. The standard InChI is InChI=1S/C22H32N8O/c1-13-7-9-15(10-8-13)11-30-12-23-18-17(30)19(24-14(2)16-5-4-6-16)26-20(25-18)21-27-22(31)29(3)28-21/h12-16H,4-11H2,1-3H3,(H,24,25,26)(H,27,28,31)/t13-,14-,15-/m1/s1. The van der Waals surface area contributed by atoms with Crippen LogP contribution in [-0.2, 0) is 13.6 Å². The highest BCUT2D eigenvalue weighted by molar-refractivity contribution is 5.85. The second-order valence-electron chi connectivity index (χ2n) is 9.63. The zero-order valence-electron chi connectivity index (χ0n) is 18.6. The van der Waals surface area contributed by atoms with Gasteiger partial charge in [0.1, 0.15) is 5.52 Å². The van der Waals surface area contributed by atoms with Crippen molar-refractivity contribution in [3.63, 3.8) is 0 Å². The first-order valence-corrected chi connectivity index (χ1v) is 11.6. The van der Waals surface area contributed by atoms with Crippen LogP contribution in [-0.4, -0.2) is 40.3 Å². The molecule has 2 saturated carbocycles. The van der Waals surface area contributed by atoms with Crippen LogP contribution in [0.15, 0.2) is 11.1 Å². The number of hydrogen-bond donors (Lipinski definition) is 2. The lowest BCUT2D eigenvalue weighted by molar-refractivity contribution is 0.266. The van der Waals surface area contributed by atoms with E-state index in [1.807, 2.05) is 6.33 Å². The van der Waals surface area contributed by atoms with E-state index in [4.69, 9.17) is 4.98 Å². The molecule has 9 nitrogen and oxygen atoms in total. The van der Waals surface area contributed by atoms with E-state index in [0.717, 1.165) is 23.8 Å². The summed E-state index contributed by atoms with van der Waals surface area (Å²) in [7, 11) is 1.63. The fourth-order valence-corrected chi connectivity index (χ4v) is 4.89. The lowest BCUT2D eigenvalue weighted by Crippen LogP contribution is -2.31. The molecular formula is C22H32N8O. The number of hydrogen-bond acceptors (Lipinski definition) is 6. The molecule has 9 heteroatoms. The average molecular weight is 425 g/mol. The van der Waals surface area contributed by atoms with Gasteiger partial charge in [-0.1, -0.05) is 26.2 Å². The van der Waals surface area contributed by atoms with Crippen LogP contribution < -0.4 is 11.0 Å². The molecule has 5 rings (SSSR count). The minimum atomic E-state index is -0.354. The first-order chi connectivity index (χ1) is 15.0.